The second-order valence-electron chi connectivity index (χ2n) is 7.81. The molecule has 0 spiro atoms. The van der Waals surface area contributed by atoms with E-state index in [1.807, 2.05) is 0 Å². The van der Waals surface area contributed by atoms with Crippen LogP contribution in [-0.4, -0.2) is 65.6 Å². The summed E-state index contributed by atoms with van der Waals surface area (Å²) in [5.41, 5.74) is 0.166. The maximum Gasteiger partial charge on any atom is 0.259 e. The molecule has 2 saturated heterocycles. The molecule has 1 saturated carbocycles. The Labute approximate surface area is 155 Å². The first-order valence-electron chi connectivity index (χ1n) is 9.55. The molecule has 142 valence electrons. The molecule has 1 N–H and O–H groups in total. The number of rotatable bonds is 2. The van der Waals surface area contributed by atoms with Gasteiger partial charge in [0, 0.05) is 42.8 Å². The molecule has 0 radical (unpaired) electrons. The molecule has 1 aliphatic carbocycles. The number of morpholine rings is 1. The third-order valence-electron chi connectivity index (χ3n) is 6.08. The molecule has 0 unspecified atom stereocenters. The SMILES string of the molecule is O=C(c1c[nH]c2ccc(F)cc2c1=O)N1CCN2[C@@H](COC[C@@H]2C2CC2)C1. The van der Waals surface area contributed by atoms with Gasteiger partial charge in [0.15, 0.2) is 0 Å². The Balaban J connectivity index is 1.39. The zero-order chi connectivity index (χ0) is 18.5. The van der Waals surface area contributed by atoms with Crippen LogP contribution < -0.4 is 5.43 Å². The molecule has 27 heavy (non-hydrogen) atoms. The Morgan fingerprint density at radius 1 is 1.22 bits per heavy atom. The second-order valence-corrected chi connectivity index (χ2v) is 7.81. The fraction of sp³-hybridized carbons (Fsp3) is 0.500. The number of aromatic amines is 1. The summed E-state index contributed by atoms with van der Waals surface area (Å²) in [4.78, 5) is 32.9. The summed E-state index contributed by atoms with van der Waals surface area (Å²) in [5.74, 6) is -0.0550. The van der Waals surface area contributed by atoms with Crippen molar-refractivity contribution in [1.82, 2.24) is 14.8 Å². The Morgan fingerprint density at radius 2 is 2.07 bits per heavy atom. The van der Waals surface area contributed by atoms with E-state index >= 15 is 0 Å². The Morgan fingerprint density at radius 3 is 2.89 bits per heavy atom. The number of fused-ring (bicyclic) bond motifs is 2. The lowest BCUT2D eigenvalue weighted by molar-refractivity contribution is -0.0816. The van der Waals surface area contributed by atoms with E-state index in [1.54, 1.807) is 4.90 Å². The summed E-state index contributed by atoms with van der Waals surface area (Å²) in [6, 6.07) is 4.62. The Hall–Kier alpha value is -2.25. The van der Waals surface area contributed by atoms with Crippen LogP contribution >= 0.6 is 0 Å². The first-order chi connectivity index (χ1) is 13.1. The Kier molecular flexibility index (Phi) is 4.02. The maximum atomic E-state index is 13.5. The topological polar surface area (TPSA) is 65.6 Å². The average molecular weight is 371 g/mol. The summed E-state index contributed by atoms with van der Waals surface area (Å²) in [5, 5.41) is 0.203. The average Bonchev–Trinajstić information content (AvgIpc) is 3.52. The number of benzene rings is 1. The number of carbonyl (C=O) groups is 1. The normalized spacial score (nSPS) is 26.2. The van der Waals surface area contributed by atoms with E-state index in [9.17, 15) is 14.0 Å². The number of nitrogens with one attached hydrogen (secondary N) is 1. The number of amides is 1. The van der Waals surface area contributed by atoms with Crippen molar-refractivity contribution in [2.24, 2.45) is 5.92 Å². The van der Waals surface area contributed by atoms with Crippen LogP contribution in [0.15, 0.2) is 29.2 Å². The molecule has 2 aromatic rings. The number of ether oxygens (including phenoxy) is 1. The molecule has 6 nitrogen and oxygen atoms in total. The van der Waals surface area contributed by atoms with Crippen LogP contribution in [0.1, 0.15) is 23.2 Å². The second kappa shape index (κ2) is 6.42. The predicted octanol–water partition coefficient (Wildman–Crippen LogP) is 1.60. The van der Waals surface area contributed by atoms with Crippen molar-refractivity contribution in [3.63, 3.8) is 0 Å². The van der Waals surface area contributed by atoms with E-state index in [4.69, 9.17) is 4.74 Å². The van der Waals surface area contributed by atoms with Crippen molar-refractivity contribution in [1.29, 1.82) is 0 Å². The maximum absolute atomic E-state index is 13.5. The first kappa shape index (κ1) is 16.9. The number of H-pyrrole nitrogens is 1. The number of aromatic nitrogens is 1. The van der Waals surface area contributed by atoms with Crippen LogP contribution in [0.4, 0.5) is 4.39 Å². The molecule has 5 rings (SSSR count). The predicted molar refractivity (Wildman–Crippen MR) is 98.3 cm³/mol. The van der Waals surface area contributed by atoms with Crippen molar-refractivity contribution in [2.75, 3.05) is 32.8 Å². The van der Waals surface area contributed by atoms with E-state index in [2.05, 4.69) is 9.88 Å². The highest BCUT2D eigenvalue weighted by molar-refractivity contribution is 5.97. The molecule has 0 bridgehead atoms. The van der Waals surface area contributed by atoms with Gasteiger partial charge in [-0.3, -0.25) is 14.5 Å². The molecule has 7 heteroatoms. The molecule has 3 aliphatic rings. The molecule has 2 atom stereocenters. The fourth-order valence-electron chi connectivity index (χ4n) is 4.47. The number of nitrogens with zero attached hydrogens (tertiary/aromatic N) is 2. The fourth-order valence-corrected chi connectivity index (χ4v) is 4.47. The van der Waals surface area contributed by atoms with Gasteiger partial charge in [-0.05, 0) is 37.0 Å². The lowest BCUT2D eigenvalue weighted by Gasteiger charge is -2.48. The molecular formula is C20H22FN3O3. The minimum absolute atomic E-state index is 0.0667. The van der Waals surface area contributed by atoms with Gasteiger partial charge in [0.1, 0.15) is 11.4 Å². The highest BCUT2D eigenvalue weighted by Gasteiger charge is 2.43. The van der Waals surface area contributed by atoms with Gasteiger partial charge in [-0.15, -0.1) is 0 Å². The number of halogens is 1. The van der Waals surface area contributed by atoms with E-state index in [1.165, 1.54) is 37.2 Å². The van der Waals surface area contributed by atoms with E-state index in [-0.39, 0.29) is 22.9 Å². The van der Waals surface area contributed by atoms with Gasteiger partial charge < -0.3 is 14.6 Å². The van der Waals surface area contributed by atoms with Gasteiger partial charge in [0.05, 0.1) is 19.3 Å². The van der Waals surface area contributed by atoms with E-state index in [0.29, 0.717) is 31.3 Å². The lowest BCUT2D eigenvalue weighted by atomic mass is 10.0. The van der Waals surface area contributed by atoms with Crippen LogP contribution in [0.5, 0.6) is 0 Å². The van der Waals surface area contributed by atoms with Crippen LogP contribution in [0.2, 0.25) is 0 Å². The van der Waals surface area contributed by atoms with Gasteiger partial charge in [-0.1, -0.05) is 0 Å². The summed E-state index contributed by atoms with van der Waals surface area (Å²) in [6.45, 7) is 3.36. The summed E-state index contributed by atoms with van der Waals surface area (Å²) < 4.78 is 19.3. The monoisotopic (exact) mass is 371 g/mol. The lowest BCUT2D eigenvalue weighted by Crippen LogP contribution is -2.63. The quantitative estimate of drug-likeness (QED) is 0.871. The molecule has 1 amide bonds. The third-order valence-corrected chi connectivity index (χ3v) is 6.08. The van der Waals surface area contributed by atoms with Crippen molar-refractivity contribution in [3.8, 4) is 0 Å². The number of carbonyl (C=O) groups excluding carboxylic acids is 1. The van der Waals surface area contributed by atoms with Crippen molar-refractivity contribution >= 4 is 16.8 Å². The standard InChI is InChI=1S/C20H22FN3O3/c21-13-3-4-17-15(7-13)19(25)16(8-22-17)20(26)23-5-6-24-14(9-23)10-27-11-18(24)12-1-2-12/h3-4,7-8,12,14,18H,1-2,5-6,9-11H2,(H,22,25)/t14-,18-/m1/s1. The molecule has 3 fully saturated rings. The molecule has 1 aromatic carbocycles. The zero-order valence-corrected chi connectivity index (χ0v) is 15.0. The smallest absolute Gasteiger partial charge is 0.259 e. The minimum Gasteiger partial charge on any atom is -0.378 e. The van der Waals surface area contributed by atoms with Crippen molar-refractivity contribution in [2.45, 2.75) is 24.9 Å². The highest BCUT2D eigenvalue weighted by Crippen LogP contribution is 2.38. The van der Waals surface area contributed by atoms with E-state index < -0.39 is 11.2 Å². The largest absolute Gasteiger partial charge is 0.378 e. The van der Waals surface area contributed by atoms with Crippen molar-refractivity contribution in [3.05, 3.63) is 46.0 Å². The highest BCUT2D eigenvalue weighted by atomic mass is 19.1. The number of hydrogen-bond acceptors (Lipinski definition) is 4. The number of piperazine rings is 1. The molecular weight excluding hydrogens is 349 g/mol. The van der Waals surface area contributed by atoms with Gasteiger partial charge in [-0.2, -0.15) is 0 Å². The molecule has 2 aliphatic heterocycles. The van der Waals surface area contributed by atoms with Gasteiger partial charge in [0.25, 0.3) is 5.91 Å². The minimum atomic E-state index is -0.489. The Bertz CT molecular complexity index is 955. The molecule has 1 aromatic heterocycles. The van der Waals surface area contributed by atoms with Gasteiger partial charge in [0.2, 0.25) is 5.43 Å². The van der Waals surface area contributed by atoms with Gasteiger partial charge in [-0.25, -0.2) is 4.39 Å². The third kappa shape index (κ3) is 2.95. The van der Waals surface area contributed by atoms with Crippen LogP contribution in [0.3, 0.4) is 0 Å². The van der Waals surface area contributed by atoms with Crippen molar-refractivity contribution < 1.29 is 13.9 Å². The zero-order valence-electron chi connectivity index (χ0n) is 15.0. The van der Waals surface area contributed by atoms with Crippen LogP contribution in [0, 0.1) is 11.7 Å². The number of pyridine rings is 1. The van der Waals surface area contributed by atoms with Crippen LogP contribution in [0.25, 0.3) is 10.9 Å². The van der Waals surface area contributed by atoms with Crippen LogP contribution in [-0.2, 0) is 4.74 Å². The summed E-state index contributed by atoms with van der Waals surface area (Å²) in [7, 11) is 0. The van der Waals surface area contributed by atoms with Gasteiger partial charge >= 0.3 is 0 Å². The van der Waals surface area contributed by atoms with E-state index in [0.717, 1.165) is 19.1 Å². The first-order valence-corrected chi connectivity index (χ1v) is 9.55. The summed E-state index contributed by atoms with van der Waals surface area (Å²) in [6.07, 6.45) is 3.98. The number of hydrogen-bond donors (Lipinski definition) is 1. The molecule has 3 heterocycles. The summed E-state index contributed by atoms with van der Waals surface area (Å²) >= 11 is 0.